The molecular weight excluding hydrogens is 522 g/mol. The summed E-state index contributed by atoms with van der Waals surface area (Å²) in [6, 6.07) is 11.3. The second kappa shape index (κ2) is 10.0. The number of ether oxygens (including phenoxy) is 1. The summed E-state index contributed by atoms with van der Waals surface area (Å²) in [6.07, 6.45) is -2.72. The second-order valence-electron chi connectivity index (χ2n) is 6.52. The van der Waals surface area contributed by atoms with Gasteiger partial charge >= 0.3 is 6.18 Å². The number of benzene rings is 2. The second-order valence-corrected chi connectivity index (χ2v) is 8.22. The van der Waals surface area contributed by atoms with Crippen molar-refractivity contribution in [1.82, 2.24) is 9.78 Å². The lowest BCUT2D eigenvalue weighted by Crippen LogP contribution is -2.17. The van der Waals surface area contributed by atoms with Gasteiger partial charge < -0.3 is 10.1 Å². The molecule has 0 radical (unpaired) electrons. The van der Waals surface area contributed by atoms with Crippen molar-refractivity contribution in [2.24, 2.45) is 0 Å². The number of rotatable bonds is 7. The molecule has 31 heavy (non-hydrogen) atoms. The van der Waals surface area contributed by atoms with Crippen molar-refractivity contribution in [2.75, 3.05) is 11.9 Å². The third kappa shape index (κ3) is 6.96. The molecule has 11 heteroatoms. The number of alkyl halides is 3. The molecule has 0 fully saturated rings. The molecule has 0 aliphatic carbocycles. The average molecular weight is 537 g/mol. The largest absolute Gasteiger partial charge is 0.411 e. The van der Waals surface area contributed by atoms with Gasteiger partial charge in [0.15, 0.2) is 5.82 Å². The van der Waals surface area contributed by atoms with Gasteiger partial charge in [-0.05, 0) is 51.3 Å². The fourth-order valence-electron chi connectivity index (χ4n) is 2.65. The van der Waals surface area contributed by atoms with Crippen LogP contribution in [0.5, 0.6) is 0 Å². The fourth-order valence-corrected chi connectivity index (χ4v) is 3.54. The maximum atomic E-state index is 12.6. The van der Waals surface area contributed by atoms with Crippen molar-refractivity contribution in [3.8, 4) is 0 Å². The van der Waals surface area contributed by atoms with Crippen LogP contribution in [0.25, 0.3) is 0 Å². The van der Waals surface area contributed by atoms with E-state index in [1.807, 2.05) is 0 Å². The number of anilines is 1. The summed E-state index contributed by atoms with van der Waals surface area (Å²) >= 11 is 15.4. The first-order valence-electron chi connectivity index (χ1n) is 8.82. The van der Waals surface area contributed by atoms with E-state index in [4.69, 9.17) is 23.2 Å². The van der Waals surface area contributed by atoms with Crippen LogP contribution in [-0.4, -0.2) is 28.5 Å². The predicted molar refractivity (Wildman–Crippen MR) is 116 cm³/mol. The van der Waals surface area contributed by atoms with Crippen LogP contribution in [0.15, 0.2) is 53.1 Å². The molecule has 1 amide bonds. The highest BCUT2D eigenvalue weighted by Crippen LogP contribution is 2.25. The molecule has 0 saturated heterocycles. The fraction of sp³-hybridized carbons (Fsp3) is 0.200. The highest BCUT2D eigenvalue weighted by molar-refractivity contribution is 9.10. The number of nitrogens with one attached hydrogen (secondary N) is 1. The van der Waals surface area contributed by atoms with Gasteiger partial charge in [-0.3, -0.25) is 9.48 Å². The summed E-state index contributed by atoms with van der Waals surface area (Å²) in [5.74, 6) is -0.179. The Balaban J connectivity index is 1.66. The van der Waals surface area contributed by atoms with Gasteiger partial charge in [-0.25, -0.2) is 0 Å². The van der Waals surface area contributed by atoms with Crippen molar-refractivity contribution < 1.29 is 22.7 Å². The molecule has 0 aliphatic rings. The number of carbonyl (C=O) groups excluding carboxylic acids is 1. The van der Waals surface area contributed by atoms with E-state index < -0.39 is 18.7 Å². The van der Waals surface area contributed by atoms with Crippen molar-refractivity contribution in [2.45, 2.75) is 19.3 Å². The molecule has 0 unspecified atom stereocenters. The van der Waals surface area contributed by atoms with E-state index in [1.165, 1.54) is 6.07 Å². The first kappa shape index (κ1) is 23.6. The SMILES string of the molecule is O=C(Nc1nn(Cc2ccc(Cl)cc2Cl)cc1Br)c1cccc(COCC(F)(F)F)c1. The summed E-state index contributed by atoms with van der Waals surface area (Å²) in [4.78, 5) is 12.6. The maximum absolute atomic E-state index is 12.6. The minimum Gasteiger partial charge on any atom is -0.367 e. The van der Waals surface area contributed by atoms with Crippen LogP contribution in [-0.2, 0) is 17.9 Å². The molecule has 5 nitrogen and oxygen atoms in total. The van der Waals surface area contributed by atoms with Gasteiger partial charge in [-0.15, -0.1) is 0 Å². The molecule has 0 bridgehead atoms. The molecule has 1 heterocycles. The third-order valence-electron chi connectivity index (χ3n) is 4.02. The lowest BCUT2D eigenvalue weighted by molar-refractivity contribution is -0.176. The zero-order chi connectivity index (χ0) is 22.6. The van der Waals surface area contributed by atoms with Gasteiger partial charge in [0.2, 0.25) is 0 Å². The summed E-state index contributed by atoms with van der Waals surface area (Å²) in [5, 5.41) is 8.02. The Morgan fingerprint density at radius 2 is 1.97 bits per heavy atom. The van der Waals surface area contributed by atoms with Crippen molar-refractivity contribution >= 4 is 50.9 Å². The van der Waals surface area contributed by atoms with E-state index in [1.54, 1.807) is 47.3 Å². The van der Waals surface area contributed by atoms with Gasteiger partial charge in [0.05, 0.1) is 17.6 Å². The Morgan fingerprint density at radius 3 is 2.68 bits per heavy atom. The quantitative estimate of drug-likeness (QED) is 0.384. The molecule has 0 atom stereocenters. The normalized spacial score (nSPS) is 11.5. The van der Waals surface area contributed by atoms with Crippen LogP contribution in [0.1, 0.15) is 21.5 Å². The first-order valence-corrected chi connectivity index (χ1v) is 10.4. The van der Waals surface area contributed by atoms with E-state index in [2.05, 4.69) is 31.1 Å². The topological polar surface area (TPSA) is 56.2 Å². The molecule has 1 N–H and O–H groups in total. The molecule has 3 aromatic rings. The van der Waals surface area contributed by atoms with Crippen molar-refractivity contribution in [3.05, 3.63) is 79.9 Å². The van der Waals surface area contributed by atoms with E-state index in [0.717, 1.165) is 5.56 Å². The number of halogens is 6. The van der Waals surface area contributed by atoms with E-state index in [9.17, 15) is 18.0 Å². The standard InChI is InChI=1S/C20H15BrCl2F3N3O2/c21-16-9-29(8-14-4-5-15(22)7-17(14)23)28-18(16)27-19(30)13-3-1-2-12(6-13)10-31-11-20(24,25)26/h1-7,9H,8,10-11H2,(H,27,28,30). The number of hydrogen-bond acceptors (Lipinski definition) is 3. The van der Waals surface area contributed by atoms with Crippen LogP contribution >= 0.6 is 39.1 Å². The first-order chi connectivity index (χ1) is 14.6. The highest BCUT2D eigenvalue weighted by atomic mass is 79.9. The van der Waals surface area contributed by atoms with Gasteiger partial charge in [0.1, 0.15) is 6.61 Å². The summed E-state index contributed by atoms with van der Waals surface area (Å²) in [6.45, 7) is -1.26. The van der Waals surface area contributed by atoms with Gasteiger partial charge in [-0.1, -0.05) is 41.4 Å². The Bertz CT molecular complexity index is 1090. The zero-order valence-corrected chi connectivity index (χ0v) is 18.8. The highest BCUT2D eigenvalue weighted by Gasteiger charge is 2.27. The van der Waals surface area contributed by atoms with Gasteiger partial charge in [0.25, 0.3) is 5.91 Å². The van der Waals surface area contributed by atoms with Crippen LogP contribution in [0.2, 0.25) is 10.0 Å². The van der Waals surface area contributed by atoms with Crippen molar-refractivity contribution in [3.63, 3.8) is 0 Å². The van der Waals surface area contributed by atoms with E-state index in [0.29, 0.717) is 26.6 Å². The molecule has 1 aromatic heterocycles. The average Bonchev–Trinajstić information content (AvgIpc) is 3.02. The van der Waals surface area contributed by atoms with Crippen LogP contribution in [0.3, 0.4) is 0 Å². The molecule has 0 spiro atoms. The monoisotopic (exact) mass is 535 g/mol. The zero-order valence-electron chi connectivity index (χ0n) is 15.7. The summed E-state index contributed by atoms with van der Waals surface area (Å²) < 4.78 is 43.4. The number of aromatic nitrogens is 2. The summed E-state index contributed by atoms with van der Waals surface area (Å²) in [7, 11) is 0. The maximum Gasteiger partial charge on any atom is 0.411 e. The summed E-state index contributed by atoms with van der Waals surface area (Å²) in [5.41, 5.74) is 1.50. The molecule has 3 rings (SSSR count). The van der Waals surface area contributed by atoms with Crippen LogP contribution in [0, 0.1) is 0 Å². The number of hydrogen-bond donors (Lipinski definition) is 1. The lowest BCUT2D eigenvalue weighted by Gasteiger charge is -2.09. The van der Waals surface area contributed by atoms with Crippen LogP contribution in [0.4, 0.5) is 19.0 Å². The molecule has 2 aromatic carbocycles. The number of amides is 1. The lowest BCUT2D eigenvalue weighted by atomic mass is 10.1. The van der Waals surface area contributed by atoms with Gasteiger partial charge in [-0.2, -0.15) is 18.3 Å². The van der Waals surface area contributed by atoms with E-state index >= 15 is 0 Å². The van der Waals surface area contributed by atoms with Crippen molar-refractivity contribution in [1.29, 1.82) is 0 Å². The minimum atomic E-state index is -4.41. The molecule has 0 saturated carbocycles. The third-order valence-corrected chi connectivity index (χ3v) is 5.19. The smallest absolute Gasteiger partial charge is 0.367 e. The molecular formula is C20H15BrCl2F3N3O2. The Labute approximate surface area is 194 Å². The van der Waals surface area contributed by atoms with E-state index in [-0.39, 0.29) is 18.0 Å². The Kier molecular flexibility index (Phi) is 7.64. The number of nitrogens with zero attached hydrogens (tertiary/aromatic N) is 2. The predicted octanol–water partition coefficient (Wildman–Crippen LogP) is 6.33. The molecule has 164 valence electrons. The Hall–Kier alpha value is -2.07. The van der Waals surface area contributed by atoms with Gasteiger partial charge in [0, 0.05) is 21.8 Å². The van der Waals surface area contributed by atoms with Crippen LogP contribution < -0.4 is 5.32 Å². The number of carbonyl (C=O) groups is 1. The minimum absolute atomic E-state index is 0.260. The Morgan fingerprint density at radius 1 is 1.19 bits per heavy atom. The molecule has 0 aliphatic heterocycles.